The minimum Gasteiger partial charge on any atom is -0.497 e. The number of hydrogen-bond donors (Lipinski definition) is 1. The predicted molar refractivity (Wildman–Crippen MR) is 62.1 cm³/mol. The van der Waals surface area contributed by atoms with Crippen LogP contribution in [0.2, 0.25) is 0 Å². The average Bonchev–Trinajstić information content (AvgIpc) is 2.27. The lowest BCUT2D eigenvalue weighted by Crippen LogP contribution is -2.41. The third-order valence-electron chi connectivity index (χ3n) is 3.22. The molecule has 1 atom stereocenters. The molecular formula is C13H16O4. The van der Waals surface area contributed by atoms with Crippen LogP contribution in [0.3, 0.4) is 0 Å². The predicted octanol–water partition coefficient (Wildman–Crippen LogP) is 2.18. The van der Waals surface area contributed by atoms with E-state index < -0.39 is 11.6 Å². The van der Waals surface area contributed by atoms with Gasteiger partial charge in [0, 0.05) is 12.8 Å². The summed E-state index contributed by atoms with van der Waals surface area (Å²) < 4.78 is 10.8. The third kappa shape index (κ3) is 2.42. The van der Waals surface area contributed by atoms with Gasteiger partial charge in [0.2, 0.25) is 0 Å². The van der Waals surface area contributed by atoms with Crippen molar-refractivity contribution in [2.75, 3.05) is 13.7 Å². The SMILES string of the molecule is COc1cccc(C2(CCC(=O)O)CCO2)c1. The molecule has 4 nitrogen and oxygen atoms in total. The molecular weight excluding hydrogens is 220 g/mol. The fourth-order valence-corrected chi connectivity index (χ4v) is 2.13. The molecule has 1 fully saturated rings. The standard InChI is InChI=1S/C13H16O4/c1-16-11-4-2-3-10(9-11)13(7-8-17-13)6-5-12(14)15/h2-4,9H,5-8H2,1H3,(H,14,15). The highest BCUT2D eigenvalue weighted by molar-refractivity contribution is 5.66. The maximum atomic E-state index is 10.7. The largest absolute Gasteiger partial charge is 0.497 e. The van der Waals surface area contributed by atoms with E-state index in [2.05, 4.69) is 0 Å². The van der Waals surface area contributed by atoms with Gasteiger partial charge in [-0.15, -0.1) is 0 Å². The molecule has 0 saturated carbocycles. The summed E-state index contributed by atoms with van der Waals surface area (Å²) >= 11 is 0. The molecule has 1 aromatic carbocycles. The van der Waals surface area contributed by atoms with Crippen LogP contribution in [-0.4, -0.2) is 24.8 Å². The molecule has 1 aromatic rings. The lowest BCUT2D eigenvalue weighted by Gasteiger charge is -2.42. The van der Waals surface area contributed by atoms with E-state index >= 15 is 0 Å². The Balaban J connectivity index is 2.18. The van der Waals surface area contributed by atoms with E-state index in [1.54, 1.807) is 7.11 Å². The number of rotatable bonds is 5. The summed E-state index contributed by atoms with van der Waals surface area (Å²) in [6.45, 7) is 0.691. The summed E-state index contributed by atoms with van der Waals surface area (Å²) in [5, 5.41) is 8.76. The maximum Gasteiger partial charge on any atom is 0.303 e. The van der Waals surface area contributed by atoms with Crippen LogP contribution in [0.15, 0.2) is 24.3 Å². The number of benzene rings is 1. The van der Waals surface area contributed by atoms with Crippen LogP contribution in [0.1, 0.15) is 24.8 Å². The molecule has 4 heteroatoms. The second-order valence-electron chi connectivity index (χ2n) is 4.22. The second-order valence-corrected chi connectivity index (χ2v) is 4.22. The highest BCUT2D eigenvalue weighted by Crippen LogP contribution is 2.42. The van der Waals surface area contributed by atoms with Crippen LogP contribution in [0, 0.1) is 0 Å². The van der Waals surface area contributed by atoms with Crippen molar-refractivity contribution in [3.63, 3.8) is 0 Å². The number of ether oxygens (including phenoxy) is 2. The van der Waals surface area contributed by atoms with Crippen molar-refractivity contribution < 1.29 is 19.4 Å². The monoisotopic (exact) mass is 236 g/mol. The zero-order valence-electron chi connectivity index (χ0n) is 9.81. The number of carboxylic acids is 1. The van der Waals surface area contributed by atoms with Gasteiger partial charge >= 0.3 is 5.97 Å². The van der Waals surface area contributed by atoms with Gasteiger partial charge in [-0.2, -0.15) is 0 Å². The molecule has 1 heterocycles. The Morgan fingerprint density at radius 2 is 2.35 bits per heavy atom. The molecule has 0 bridgehead atoms. The molecule has 0 amide bonds. The van der Waals surface area contributed by atoms with E-state index in [1.807, 2.05) is 24.3 Å². The summed E-state index contributed by atoms with van der Waals surface area (Å²) in [5.74, 6) is -0.0181. The quantitative estimate of drug-likeness (QED) is 0.851. The van der Waals surface area contributed by atoms with Gasteiger partial charge in [-0.25, -0.2) is 0 Å². The van der Waals surface area contributed by atoms with Crippen LogP contribution < -0.4 is 4.74 Å². The van der Waals surface area contributed by atoms with Crippen LogP contribution in [-0.2, 0) is 15.1 Å². The maximum absolute atomic E-state index is 10.7. The van der Waals surface area contributed by atoms with Crippen molar-refractivity contribution in [2.24, 2.45) is 0 Å². The number of aliphatic carboxylic acids is 1. The molecule has 1 aliphatic rings. The first-order chi connectivity index (χ1) is 8.16. The third-order valence-corrected chi connectivity index (χ3v) is 3.22. The minimum absolute atomic E-state index is 0.122. The molecule has 0 radical (unpaired) electrons. The minimum atomic E-state index is -0.789. The lowest BCUT2D eigenvalue weighted by molar-refractivity contribution is -0.165. The first-order valence-electron chi connectivity index (χ1n) is 5.66. The number of hydrogen-bond acceptors (Lipinski definition) is 3. The van der Waals surface area contributed by atoms with E-state index in [0.29, 0.717) is 13.0 Å². The van der Waals surface area contributed by atoms with Crippen molar-refractivity contribution >= 4 is 5.97 Å². The molecule has 92 valence electrons. The normalized spacial score (nSPS) is 22.9. The van der Waals surface area contributed by atoms with Gasteiger partial charge in [0.1, 0.15) is 5.75 Å². The summed E-state index contributed by atoms with van der Waals surface area (Å²) in [6, 6.07) is 7.65. The Kier molecular flexibility index (Phi) is 3.33. The molecule has 0 aromatic heterocycles. The number of methoxy groups -OCH3 is 1. The second kappa shape index (κ2) is 4.75. The Morgan fingerprint density at radius 3 is 2.88 bits per heavy atom. The Morgan fingerprint density at radius 1 is 1.59 bits per heavy atom. The van der Waals surface area contributed by atoms with Crippen LogP contribution in [0.4, 0.5) is 0 Å². The smallest absolute Gasteiger partial charge is 0.303 e. The Hall–Kier alpha value is -1.55. The van der Waals surface area contributed by atoms with E-state index in [9.17, 15) is 4.79 Å². The molecule has 1 saturated heterocycles. The molecule has 0 aliphatic carbocycles. The van der Waals surface area contributed by atoms with Gasteiger partial charge in [-0.05, 0) is 24.1 Å². The van der Waals surface area contributed by atoms with Gasteiger partial charge < -0.3 is 14.6 Å². The molecule has 0 spiro atoms. The molecule has 1 N–H and O–H groups in total. The Labute approximate surface area is 100 Å². The summed E-state index contributed by atoms with van der Waals surface area (Å²) in [7, 11) is 1.62. The highest BCUT2D eigenvalue weighted by Gasteiger charge is 2.40. The highest BCUT2D eigenvalue weighted by atomic mass is 16.5. The van der Waals surface area contributed by atoms with E-state index in [-0.39, 0.29) is 6.42 Å². The summed E-state index contributed by atoms with van der Waals surface area (Å²) in [4.78, 5) is 10.7. The molecule has 2 rings (SSSR count). The van der Waals surface area contributed by atoms with Crippen molar-refractivity contribution in [3.05, 3.63) is 29.8 Å². The van der Waals surface area contributed by atoms with Crippen molar-refractivity contribution in [3.8, 4) is 5.75 Å². The Bertz CT molecular complexity index is 410. The molecule has 17 heavy (non-hydrogen) atoms. The molecule has 1 aliphatic heterocycles. The lowest BCUT2D eigenvalue weighted by atomic mass is 9.82. The van der Waals surface area contributed by atoms with Crippen molar-refractivity contribution in [2.45, 2.75) is 24.9 Å². The van der Waals surface area contributed by atoms with Crippen LogP contribution >= 0.6 is 0 Å². The van der Waals surface area contributed by atoms with Gasteiger partial charge in [0.25, 0.3) is 0 Å². The van der Waals surface area contributed by atoms with Gasteiger partial charge in [-0.3, -0.25) is 4.79 Å². The topological polar surface area (TPSA) is 55.8 Å². The number of carbonyl (C=O) groups is 1. The van der Waals surface area contributed by atoms with E-state index in [0.717, 1.165) is 17.7 Å². The first-order valence-corrected chi connectivity index (χ1v) is 5.66. The van der Waals surface area contributed by atoms with Gasteiger partial charge in [-0.1, -0.05) is 12.1 Å². The van der Waals surface area contributed by atoms with Crippen LogP contribution in [0.25, 0.3) is 0 Å². The average molecular weight is 236 g/mol. The first kappa shape index (κ1) is 11.9. The fraction of sp³-hybridized carbons (Fsp3) is 0.462. The van der Waals surface area contributed by atoms with Crippen LogP contribution in [0.5, 0.6) is 5.75 Å². The fourth-order valence-electron chi connectivity index (χ4n) is 2.13. The van der Waals surface area contributed by atoms with E-state index in [4.69, 9.17) is 14.6 Å². The van der Waals surface area contributed by atoms with Gasteiger partial charge in [0.05, 0.1) is 19.3 Å². The molecule has 1 unspecified atom stereocenters. The zero-order chi connectivity index (χ0) is 12.3. The number of carboxylic acid groups (broad SMARTS) is 1. The van der Waals surface area contributed by atoms with E-state index in [1.165, 1.54) is 0 Å². The van der Waals surface area contributed by atoms with Crippen molar-refractivity contribution in [1.82, 2.24) is 0 Å². The van der Waals surface area contributed by atoms with Gasteiger partial charge in [0.15, 0.2) is 0 Å². The summed E-state index contributed by atoms with van der Waals surface area (Å²) in [6.07, 6.45) is 1.50. The van der Waals surface area contributed by atoms with Crippen molar-refractivity contribution in [1.29, 1.82) is 0 Å². The zero-order valence-corrected chi connectivity index (χ0v) is 9.81. The summed E-state index contributed by atoms with van der Waals surface area (Å²) in [5.41, 5.74) is 0.580.